The van der Waals surface area contributed by atoms with Crippen molar-refractivity contribution in [1.82, 2.24) is 0 Å². The summed E-state index contributed by atoms with van der Waals surface area (Å²) in [5, 5.41) is 6.27. The molecule has 0 aliphatic rings. The largest absolute Gasteiger partial charge is 0.451 e. The molecule has 30 heavy (non-hydrogen) atoms. The lowest BCUT2D eigenvalue weighted by Gasteiger charge is -2.16. The molecule has 7 heteroatoms. The lowest BCUT2D eigenvalue weighted by atomic mass is 9.96. The first-order valence-corrected chi connectivity index (χ1v) is 10.9. The Morgan fingerprint density at radius 1 is 1.03 bits per heavy atom. The zero-order valence-electron chi connectivity index (χ0n) is 18.5. The number of amides is 2. The van der Waals surface area contributed by atoms with Gasteiger partial charge in [0, 0.05) is 11.1 Å². The molecule has 6 nitrogen and oxygen atoms in total. The number of rotatable bonds is 7. The van der Waals surface area contributed by atoms with Crippen molar-refractivity contribution in [3.8, 4) is 0 Å². The van der Waals surface area contributed by atoms with Crippen LogP contribution in [0, 0.1) is 12.3 Å². The average Bonchev–Trinajstić information content (AvgIpc) is 3.05. The van der Waals surface area contributed by atoms with Gasteiger partial charge in [-0.1, -0.05) is 52.8 Å². The summed E-state index contributed by atoms with van der Waals surface area (Å²) >= 11 is 1.14. The van der Waals surface area contributed by atoms with Crippen molar-refractivity contribution in [2.75, 3.05) is 17.2 Å². The Morgan fingerprint density at radius 3 is 2.17 bits per heavy atom. The Hall–Kier alpha value is -2.67. The van der Waals surface area contributed by atoms with Crippen molar-refractivity contribution in [1.29, 1.82) is 0 Å². The second-order valence-electron chi connectivity index (χ2n) is 8.11. The summed E-state index contributed by atoms with van der Waals surface area (Å²) in [6.07, 6.45) is 1.58. The fraction of sp³-hybridized carbons (Fsp3) is 0.435. The first kappa shape index (κ1) is 23.6. The zero-order valence-corrected chi connectivity index (χ0v) is 19.3. The van der Waals surface area contributed by atoms with Crippen molar-refractivity contribution in [2.24, 2.45) is 5.41 Å². The van der Waals surface area contributed by atoms with Gasteiger partial charge in [0.1, 0.15) is 4.88 Å². The predicted molar refractivity (Wildman–Crippen MR) is 121 cm³/mol. The number of ether oxygens (including phenoxy) is 1. The molecule has 1 heterocycles. The van der Waals surface area contributed by atoms with Crippen molar-refractivity contribution < 1.29 is 19.1 Å². The number of hydrogen-bond acceptors (Lipinski definition) is 5. The number of esters is 1. The molecule has 0 spiro atoms. The quantitative estimate of drug-likeness (QED) is 0.608. The van der Waals surface area contributed by atoms with Crippen LogP contribution in [0.3, 0.4) is 0 Å². The number of hydrogen-bond donors (Lipinski definition) is 2. The number of anilines is 2. The molecule has 0 bridgehead atoms. The predicted octanol–water partition coefficient (Wildman–Crippen LogP) is 4.96. The normalized spacial score (nSPS) is 11.1. The van der Waals surface area contributed by atoms with Crippen LogP contribution in [0.4, 0.5) is 10.7 Å². The first-order valence-electron chi connectivity index (χ1n) is 10.1. The standard InChI is InChI=1S/C23H30N2O4S/c1-7-15-10-9-11-16(8-2)19(15)24-17(26)13-29-21(27)20-14(3)12-18(30-20)25-22(28)23(4,5)6/h9-12H,7-8,13H2,1-6H3,(H,24,26)(H,25,28). The third kappa shape index (κ3) is 5.92. The van der Waals surface area contributed by atoms with Crippen LogP contribution >= 0.6 is 11.3 Å². The number of benzene rings is 1. The maximum absolute atomic E-state index is 12.5. The molecule has 0 radical (unpaired) electrons. The summed E-state index contributed by atoms with van der Waals surface area (Å²) in [6, 6.07) is 7.66. The summed E-state index contributed by atoms with van der Waals surface area (Å²) in [6.45, 7) is 10.9. The van der Waals surface area contributed by atoms with E-state index in [0.717, 1.165) is 41.0 Å². The van der Waals surface area contributed by atoms with Crippen molar-refractivity contribution >= 4 is 39.8 Å². The summed E-state index contributed by atoms with van der Waals surface area (Å²) in [5.74, 6) is -1.10. The van der Waals surface area contributed by atoms with Gasteiger partial charge < -0.3 is 15.4 Å². The summed E-state index contributed by atoms with van der Waals surface area (Å²) in [5.41, 5.74) is 3.04. The SMILES string of the molecule is CCc1cccc(CC)c1NC(=O)COC(=O)c1sc(NC(=O)C(C)(C)C)cc1C. The Labute approximate surface area is 182 Å². The molecular formula is C23H30N2O4S. The van der Waals surface area contributed by atoms with Crippen LogP contribution in [0.5, 0.6) is 0 Å². The minimum absolute atomic E-state index is 0.135. The molecule has 0 saturated carbocycles. The van der Waals surface area contributed by atoms with Crippen LogP contribution in [-0.4, -0.2) is 24.4 Å². The lowest BCUT2D eigenvalue weighted by molar-refractivity contribution is -0.123. The second kappa shape index (κ2) is 9.89. The van der Waals surface area contributed by atoms with Gasteiger partial charge in [-0.25, -0.2) is 4.79 Å². The maximum Gasteiger partial charge on any atom is 0.349 e. The van der Waals surface area contributed by atoms with E-state index in [2.05, 4.69) is 10.6 Å². The molecular weight excluding hydrogens is 400 g/mol. The van der Waals surface area contributed by atoms with Crippen molar-refractivity contribution in [3.63, 3.8) is 0 Å². The molecule has 2 N–H and O–H groups in total. The fourth-order valence-corrected chi connectivity index (χ4v) is 3.78. The lowest BCUT2D eigenvalue weighted by Crippen LogP contribution is -2.27. The number of thiophene rings is 1. The molecule has 0 aliphatic heterocycles. The second-order valence-corrected chi connectivity index (χ2v) is 9.16. The van der Waals surface area contributed by atoms with Gasteiger partial charge in [-0.2, -0.15) is 0 Å². The zero-order chi connectivity index (χ0) is 22.5. The molecule has 0 atom stereocenters. The number of nitrogens with one attached hydrogen (secondary N) is 2. The van der Waals surface area contributed by atoms with E-state index in [9.17, 15) is 14.4 Å². The highest BCUT2D eigenvalue weighted by Gasteiger charge is 2.23. The van der Waals surface area contributed by atoms with E-state index < -0.39 is 11.4 Å². The van der Waals surface area contributed by atoms with Gasteiger partial charge in [0.2, 0.25) is 5.91 Å². The van der Waals surface area contributed by atoms with E-state index in [0.29, 0.717) is 15.4 Å². The van der Waals surface area contributed by atoms with Gasteiger partial charge in [0.05, 0.1) is 5.00 Å². The van der Waals surface area contributed by atoms with E-state index in [4.69, 9.17) is 4.74 Å². The van der Waals surface area contributed by atoms with Crippen LogP contribution in [-0.2, 0) is 27.2 Å². The highest BCUT2D eigenvalue weighted by molar-refractivity contribution is 7.18. The molecule has 2 aromatic rings. The highest BCUT2D eigenvalue weighted by atomic mass is 32.1. The monoisotopic (exact) mass is 430 g/mol. The summed E-state index contributed by atoms with van der Waals surface area (Å²) in [4.78, 5) is 37.4. The Morgan fingerprint density at radius 2 is 1.63 bits per heavy atom. The van der Waals surface area contributed by atoms with Gasteiger partial charge in [-0.05, 0) is 42.5 Å². The summed E-state index contributed by atoms with van der Waals surface area (Å²) < 4.78 is 5.22. The van der Waals surface area contributed by atoms with Crippen LogP contribution in [0.15, 0.2) is 24.3 Å². The minimum atomic E-state index is -0.580. The molecule has 0 unspecified atom stereocenters. The average molecular weight is 431 g/mol. The Kier molecular flexibility index (Phi) is 7.78. The molecule has 0 fully saturated rings. The minimum Gasteiger partial charge on any atom is -0.451 e. The van der Waals surface area contributed by atoms with E-state index in [1.807, 2.05) is 52.8 Å². The van der Waals surface area contributed by atoms with E-state index in [1.54, 1.807) is 13.0 Å². The number of para-hydroxylation sites is 1. The van der Waals surface area contributed by atoms with E-state index in [-0.39, 0.29) is 18.4 Å². The molecule has 0 aliphatic carbocycles. The van der Waals surface area contributed by atoms with E-state index >= 15 is 0 Å². The highest BCUT2D eigenvalue weighted by Crippen LogP contribution is 2.29. The summed E-state index contributed by atoms with van der Waals surface area (Å²) in [7, 11) is 0. The van der Waals surface area contributed by atoms with Crippen LogP contribution in [0.25, 0.3) is 0 Å². The fourth-order valence-electron chi connectivity index (χ4n) is 2.82. The van der Waals surface area contributed by atoms with Crippen molar-refractivity contribution in [3.05, 3.63) is 45.8 Å². The third-order valence-electron chi connectivity index (χ3n) is 4.62. The van der Waals surface area contributed by atoms with Crippen LogP contribution < -0.4 is 10.6 Å². The molecule has 1 aromatic carbocycles. The first-order chi connectivity index (χ1) is 14.1. The van der Waals surface area contributed by atoms with Crippen LogP contribution in [0.1, 0.15) is 61.0 Å². The van der Waals surface area contributed by atoms with Gasteiger partial charge in [0.15, 0.2) is 6.61 Å². The molecule has 2 rings (SSSR count). The molecule has 0 saturated heterocycles. The molecule has 2 amide bonds. The number of carbonyl (C=O) groups is 3. The van der Waals surface area contributed by atoms with Gasteiger partial charge >= 0.3 is 5.97 Å². The molecule has 1 aromatic heterocycles. The maximum atomic E-state index is 12.5. The number of aryl methyl sites for hydroxylation is 3. The Balaban J connectivity index is 2.01. The van der Waals surface area contributed by atoms with Gasteiger partial charge in [0.25, 0.3) is 5.91 Å². The van der Waals surface area contributed by atoms with Crippen LogP contribution in [0.2, 0.25) is 0 Å². The Bertz CT molecular complexity index is 919. The van der Waals surface area contributed by atoms with Gasteiger partial charge in [-0.3, -0.25) is 9.59 Å². The number of carbonyl (C=O) groups excluding carboxylic acids is 3. The smallest absolute Gasteiger partial charge is 0.349 e. The third-order valence-corrected chi connectivity index (χ3v) is 5.75. The van der Waals surface area contributed by atoms with E-state index in [1.165, 1.54) is 0 Å². The molecule has 162 valence electrons. The topological polar surface area (TPSA) is 84.5 Å². The van der Waals surface area contributed by atoms with Gasteiger partial charge in [-0.15, -0.1) is 11.3 Å². The van der Waals surface area contributed by atoms with Crippen molar-refractivity contribution in [2.45, 2.75) is 54.4 Å².